The number of rotatable bonds is 8. The summed E-state index contributed by atoms with van der Waals surface area (Å²) in [7, 11) is 1.43. The van der Waals surface area contributed by atoms with Crippen LogP contribution in [0.2, 0.25) is 5.02 Å². The summed E-state index contributed by atoms with van der Waals surface area (Å²) in [5.41, 5.74) is 3.06. The molecule has 2 aliphatic heterocycles. The van der Waals surface area contributed by atoms with Gasteiger partial charge in [-0.1, -0.05) is 30.7 Å². The Bertz CT molecular complexity index is 1380. The number of methoxy groups -OCH3 is 1. The Hall–Kier alpha value is -3.36. The highest BCUT2D eigenvalue weighted by Gasteiger charge is 2.35. The summed E-state index contributed by atoms with van der Waals surface area (Å²) in [6.45, 7) is 3.02. The first-order valence-corrected chi connectivity index (χ1v) is 14.2. The molecule has 2 aromatic carbocycles. The maximum atomic E-state index is 14.8. The summed E-state index contributed by atoms with van der Waals surface area (Å²) >= 11 is 6.42. The van der Waals surface area contributed by atoms with Crippen molar-refractivity contribution in [1.29, 1.82) is 0 Å². The molecule has 3 atom stereocenters. The van der Waals surface area contributed by atoms with Gasteiger partial charge in [-0.15, -0.1) is 0 Å². The number of carbonyl (C=O) groups is 2. The van der Waals surface area contributed by atoms with E-state index in [1.54, 1.807) is 12.1 Å². The SMILES string of the molecule is CCC(C(=O)O)C1CCN(C(=O)CC[C@@H]2O[C@@H](c3cccc(F)c3OC)c3cc(Cl)ccc3-n3cccc32)CC1. The Labute approximate surface area is 238 Å². The van der Waals surface area contributed by atoms with Crippen LogP contribution in [-0.4, -0.2) is 46.6 Å². The lowest BCUT2D eigenvalue weighted by Crippen LogP contribution is -2.41. The zero-order valence-corrected chi connectivity index (χ0v) is 23.4. The van der Waals surface area contributed by atoms with E-state index in [-0.39, 0.29) is 29.9 Å². The summed E-state index contributed by atoms with van der Waals surface area (Å²) in [6.07, 6.45) is 3.47. The Morgan fingerprint density at radius 2 is 1.93 bits per heavy atom. The Kier molecular flexibility index (Phi) is 8.47. The Balaban J connectivity index is 1.39. The fourth-order valence-electron chi connectivity index (χ4n) is 6.22. The maximum Gasteiger partial charge on any atom is 0.306 e. The predicted octanol–water partition coefficient (Wildman–Crippen LogP) is 6.57. The summed E-state index contributed by atoms with van der Waals surface area (Å²) < 4.78 is 29.0. The summed E-state index contributed by atoms with van der Waals surface area (Å²) in [5, 5.41) is 10.0. The fraction of sp³-hybridized carbons (Fsp3) is 0.419. The molecule has 3 aromatic rings. The number of carbonyl (C=O) groups excluding carboxylic acids is 1. The van der Waals surface area contributed by atoms with E-state index in [9.17, 15) is 19.1 Å². The number of ether oxygens (including phenoxy) is 2. The van der Waals surface area contributed by atoms with Crippen molar-refractivity contribution in [2.75, 3.05) is 20.2 Å². The molecule has 1 unspecified atom stereocenters. The number of para-hydroxylation sites is 1. The van der Waals surface area contributed by atoms with Crippen LogP contribution in [0.3, 0.4) is 0 Å². The van der Waals surface area contributed by atoms with Gasteiger partial charge in [0, 0.05) is 41.9 Å². The average Bonchev–Trinajstić information content (AvgIpc) is 3.39. The van der Waals surface area contributed by atoms with E-state index in [1.807, 2.05) is 52.9 Å². The first-order chi connectivity index (χ1) is 19.3. The molecular formula is C31H34ClFN2O5. The summed E-state index contributed by atoms with van der Waals surface area (Å²) in [4.78, 5) is 26.7. The Morgan fingerprint density at radius 1 is 1.15 bits per heavy atom. The lowest BCUT2D eigenvalue weighted by Gasteiger charge is -2.34. The van der Waals surface area contributed by atoms with E-state index in [1.165, 1.54) is 13.2 Å². The number of nitrogens with zero attached hydrogens (tertiary/aromatic N) is 2. The number of aliphatic carboxylic acids is 1. The van der Waals surface area contributed by atoms with Crippen molar-refractivity contribution in [2.24, 2.45) is 11.8 Å². The molecule has 1 saturated heterocycles. The molecule has 0 radical (unpaired) electrons. The number of halogens is 2. The van der Waals surface area contributed by atoms with Crippen LogP contribution >= 0.6 is 11.6 Å². The van der Waals surface area contributed by atoms with Gasteiger partial charge < -0.3 is 24.0 Å². The summed E-state index contributed by atoms with van der Waals surface area (Å²) in [5.74, 6) is -1.39. The second-order valence-corrected chi connectivity index (χ2v) is 10.9. The van der Waals surface area contributed by atoms with Crippen molar-refractivity contribution in [3.8, 4) is 11.4 Å². The lowest BCUT2D eigenvalue weighted by molar-refractivity contribution is -0.145. The largest absolute Gasteiger partial charge is 0.493 e. The third-order valence-corrected chi connectivity index (χ3v) is 8.50. The minimum absolute atomic E-state index is 0.0215. The average molecular weight is 569 g/mol. The molecule has 0 saturated carbocycles. The molecule has 7 nitrogen and oxygen atoms in total. The number of carboxylic acid groups (broad SMARTS) is 1. The van der Waals surface area contributed by atoms with E-state index in [0.717, 1.165) is 16.9 Å². The molecule has 212 valence electrons. The van der Waals surface area contributed by atoms with E-state index in [4.69, 9.17) is 21.1 Å². The van der Waals surface area contributed by atoms with E-state index < -0.39 is 24.0 Å². The zero-order valence-electron chi connectivity index (χ0n) is 22.7. The molecule has 2 aliphatic rings. The van der Waals surface area contributed by atoms with Crippen molar-refractivity contribution in [3.63, 3.8) is 0 Å². The van der Waals surface area contributed by atoms with Gasteiger partial charge in [0.25, 0.3) is 0 Å². The molecule has 0 bridgehead atoms. The number of fused-ring (bicyclic) bond motifs is 3. The monoisotopic (exact) mass is 568 g/mol. The number of aromatic nitrogens is 1. The molecule has 3 heterocycles. The number of amides is 1. The second-order valence-electron chi connectivity index (χ2n) is 10.5. The molecule has 9 heteroatoms. The van der Waals surface area contributed by atoms with Gasteiger partial charge in [0.15, 0.2) is 11.6 Å². The minimum Gasteiger partial charge on any atom is -0.493 e. The quantitative estimate of drug-likeness (QED) is 0.332. The molecule has 1 aromatic heterocycles. The van der Waals surface area contributed by atoms with Crippen molar-refractivity contribution >= 4 is 23.5 Å². The number of hydrogen-bond acceptors (Lipinski definition) is 4. The third-order valence-electron chi connectivity index (χ3n) is 8.26. The van der Waals surface area contributed by atoms with Gasteiger partial charge in [0.2, 0.25) is 5.91 Å². The van der Waals surface area contributed by atoms with Crippen LogP contribution in [0.15, 0.2) is 54.7 Å². The highest BCUT2D eigenvalue weighted by molar-refractivity contribution is 6.30. The molecule has 1 N–H and O–H groups in total. The number of carboxylic acids is 1. The highest BCUT2D eigenvalue weighted by atomic mass is 35.5. The van der Waals surface area contributed by atoms with Crippen LogP contribution in [0.4, 0.5) is 4.39 Å². The second kappa shape index (κ2) is 12.0. The smallest absolute Gasteiger partial charge is 0.306 e. The molecular weight excluding hydrogens is 535 g/mol. The van der Waals surface area contributed by atoms with Gasteiger partial charge in [-0.2, -0.15) is 0 Å². The van der Waals surface area contributed by atoms with Crippen LogP contribution in [0, 0.1) is 17.7 Å². The van der Waals surface area contributed by atoms with Crippen molar-refractivity contribution in [1.82, 2.24) is 9.47 Å². The maximum absolute atomic E-state index is 14.8. The van der Waals surface area contributed by atoms with E-state index in [0.29, 0.717) is 49.4 Å². The third kappa shape index (κ3) is 5.47. The van der Waals surface area contributed by atoms with Gasteiger partial charge in [0.05, 0.1) is 30.5 Å². The van der Waals surface area contributed by atoms with Gasteiger partial charge in [-0.05, 0) is 68.0 Å². The highest BCUT2D eigenvalue weighted by Crippen LogP contribution is 2.45. The zero-order chi connectivity index (χ0) is 28.4. The van der Waals surface area contributed by atoms with Gasteiger partial charge in [-0.25, -0.2) is 4.39 Å². The van der Waals surface area contributed by atoms with Crippen molar-refractivity contribution in [2.45, 2.75) is 51.2 Å². The summed E-state index contributed by atoms with van der Waals surface area (Å²) in [6, 6.07) is 14.2. The molecule has 40 heavy (non-hydrogen) atoms. The number of likely N-dealkylation sites (tertiary alicyclic amines) is 1. The fourth-order valence-corrected chi connectivity index (χ4v) is 6.40. The van der Waals surface area contributed by atoms with Crippen LogP contribution in [0.5, 0.6) is 5.75 Å². The van der Waals surface area contributed by atoms with Crippen molar-refractivity contribution < 1.29 is 28.6 Å². The van der Waals surface area contributed by atoms with Crippen LogP contribution < -0.4 is 4.74 Å². The normalized spacial score (nSPS) is 19.9. The number of piperidine rings is 1. The van der Waals surface area contributed by atoms with Crippen LogP contribution in [0.1, 0.15) is 68.1 Å². The number of benzene rings is 2. The minimum atomic E-state index is -0.757. The van der Waals surface area contributed by atoms with Crippen LogP contribution in [-0.2, 0) is 14.3 Å². The molecule has 1 amide bonds. The standard InChI is InChI=1S/C31H34ClFN2O5/c1-3-21(31(37)38)19-13-16-34(17-14-19)28(36)12-11-27-26-8-5-15-35(26)25-10-9-20(32)18-23(25)29(40-27)22-6-4-7-24(33)30(22)39-2/h4-10,15,18-19,21,27,29H,3,11-14,16-17H2,1-2H3,(H,37,38)/t21?,27-,29-/m0/s1. The first kappa shape index (κ1) is 28.2. The predicted molar refractivity (Wildman–Crippen MR) is 149 cm³/mol. The first-order valence-electron chi connectivity index (χ1n) is 13.8. The Morgan fingerprint density at radius 3 is 2.62 bits per heavy atom. The van der Waals surface area contributed by atoms with E-state index in [2.05, 4.69) is 0 Å². The molecule has 0 aliphatic carbocycles. The van der Waals surface area contributed by atoms with E-state index >= 15 is 0 Å². The van der Waals surface area contributed by atoms with Crippen molar-refractivity contribution in [3.05, 3.63) is 82.4 Å². The van der Waals surface area contributed by atoms with Gasteiger partial charge in [-0.3, -0.25) is 9.59 Å². The van der Waals surface area contributed by atoms with Crippen LogP contribution in [0.25, 0.3) is 5.69 Å². The van der Waals surface area contributed by atoms with Gasteiger partial charge >= 0.3 is 5.97 Å². The topological polar surface area (TPSA) is 81.0 Å². The lowest BCUT2D eigenvalue weighted by atomic mass is 9.82. The molecule has 5 rings (SSSR count). The molecule has 1 fully saturated rings. The molecule has 0 spiro atoms. The number of hydrogen-bond donors (Lipinski definition) is 1. The van der Waals surface area contributed by atoms with Gasteiger partial charge in [0.1, 0.15) is 6.10 Å².